The van der Waals surface area contributed by atoms with Gasteiger partial charge in [0.05, 0.1) is 10.6 Å². The van der Waals surface area contributed by atoms with Gasteiger partial charge in [0, 0.05) is 31.1 Å². The lowest BCUT2D eigenvalue weighted by atomic mass is 10.1. The molecule has 0 spiro atoms. The predicted molar refractivity (Wildman–Crippen MR) is 83.8 cm³/mol. The summed E-state index contributed by atoms with van der Waals surface area (Å²) in [5.41, 5.74) is 1.00. The van der Waals surface area contributed by atoms with E-state index in [1.54, 1.807) is 11.3 Å². The number of aromatic nitrogens is 2. The van der Waals surface area contributed by atoms with Crippen LogP contribution in [0.3, 0.4) is 0 Å². The quantitative estimate of drug-likeness (QED) is 0.875. The lowest BCUT2D eigenvalue weighted by molar-refractivity contribution is 0.0685. The van der Waals surface area contributed by atoms with E-state index < -0.39 is 0 Å². The molecule has 6 heteroatoms. The van der Waals surface area contributed by atoms with E-state index in [4.69, 9.17) is 0 Å². The number of rotatable bonds is 1. The summed E-state index contributed by atoms with van der Waals surface area (Å²) >= 11 is 1.57. The second-order valence-electron chi connectivity index (χ2n) is 6.13. The normalized spacial score (nSPS) is 25.5. The van der Waals surface area contributed by atoms with Gasteiger partial charge in [0.2, 0.25) is 0 Å². The highest BCUT2D eigenvalue weighted by molar-refractivity contribution is 7.20. The molecule has 1 N–H and O–H groups in total. The zero-order valence-corrected chi connectivity index (χ0v) is 13.2. The Bertz CT molecular complexity index is 655. The zero-order valence-electron chi connectivity index (χ0n) is 12.4. The fourth-order valence-electron chi connectivity index (χ4n) is 3.75. The van der Waals surface area contributed by atoms with Crippen molar-refractivity contribution in [3.8, 4) is 0 Å². The molecule has 0 radical (unpaired) electrons. The third kappa shape index (κ3) is 2.00. The molecular weight excluding hydrogens is 284 g/mol. The lowest BCUT2D eigenvalue weighted by Crippen LogP contribution is -2.42. The van der Waals surface area contributed by atoms with E-state index >= 15 is 0 Å². The van der Waals surface area contributed by atoms with Crippen molar-refractivity contribution < 1.29 is 4.79 Å². The molecule has 0 aliphatic carbocycles. The summed E-state index contributed by atoms with van der Waals surface area (Å²) in [4.78, 5) is 17.1. The van der Waals surface area contributed by atoms with Gasteiger partial charge in [-0.1, -0.05) is 0 Å². The first-order valence-electron chi connectivity index (χ1n) is 7.61. The number of carbonyl (C=O) groups is 1. The maximum atomic E-state index is 13.0. The molecule has 2 aromatic rings. The Morgan fingerprint density at radius 3 is 3.00 bits per heavy atom. The monoisotopic (exact) mass is 304 g/mol. The minimum Gasteiger partial charge on any atom is -0.331 e. The number of nitrogens with zero attached hydrogens (tertiary/aromatic N) is 3. The van der Waals surface area contributed by atoms with Crippen LogP contribution in [0.1, 0.15) is 34.6 Å². The summed E-state index contributed by atoms with van der Waals surface area (Å²) in [5.74, 6) is 0.215. The first kappa shape index (κ1) is 13.3. The van der Waals surface area contributed by atoms with Crippen LogP contribution in [-0.4, -0.2) is 45.8 Å². The van der Waals surface area contributed by atoms with Gasteiger partial charge in [0.25, 0.3) is 5.91 Å². The highest BCUT2D eigenvalue weighted by Gasteiger charge is 2.38. The average Bonchev–Trinajstić information content (AvgIpc) is 3.05. The summed E-state index contributed by atoms with van der Waals surface area (Å²) in [5, 5.41) is 8.98. The van der Waals surface area contributed by atoms with Gasteiger partial charge < -0.3 is 10.2 Å². The molecule has 0 aromatic carbocycles. The SMILES string of the molecule is Cc1nn(C)c2sc(C(=O)N3C4CCNCC3CC4)cc12. The maximum Gasteiger partial charge on any atom is 0.264 e. The van der Waals surface area contributed by atoms with Crippen molar-refractivity contribution in [2.45, 2.75) is 38.3 Å². The van der Waals surface area contributed by atoms with Crippen molar-refractivity contribution in [3.05, 3.63) is 16.6 Å². The summed E-state index contributed by atoms with van der Waals surface area (Å²) in [6.07, 6.45) is 3.37. The van der Waals surface area contributed by atoms with E-state index in [0.29, 0.717) is 12.1 Å². The standard InChI is InChI=1S/C15H20N4OS/c1-9-12-7-13(21-15(12)18(2)17-9)14(20)19-10-3-4-11(19)8-16-6-5-10/h7,10-11,16H,3-6,8H2,1-2H3. The molecule has 21 heavy (non-hydrogen) atoms. The number of amides is 1. The van der Waals surface area contributed by atoms with E-state index in [1.165, 1.54) is 0 Å². The summed E-state index contributed by atoms with van der Waals surface area (Å²) in [6.45, 7) is 3.97. The molecule has 0 saturated carbocycles. The topological polar surface area (TPSA) is 50.2 Å². The third-order valence-corrected chi connectivity index (χ3v) is 5.99. The Morgan fingerprint density at radius 2 is 2.19 bits per heavy atom. The van der Waals surface area contributed by atoms with Gasteiger partial charge in [-0.3, -0.25) is 9.48 Å². The molecular formula is C15H20N4OS. The molecule has 112 valence electrons. The smallest absolute Gasteiger partial charge is 0.264 e. The van der Waals surface area contributed by atoms with Gasteiger partial charge in [0.1, 0.15) is 4.83 Å². The molecule has 4 rings (SSSR count). The van der Waals surface area contributed by atoms with Gasteiger partial charge in [-0.2, -0.15) is 5.10 Å². The first-order chi connectivity index (χ1) is 10.1. The minimum atomic E-state index is 0.215. The Morgan fingerprint density at radius 1 is 1.38 bits per heavy atom. The molecule has 1 amide bonds. The van der Waals surface area contributed by atoms with Crippen LogP contribution in [-0.2, 0) is 7.05 Å². The average molecular weight is 304 g/mol. The molecule has 2 saturated heterocycles. The number of hydrogen-bond acceptors (Lipinski definition) is 4. The maximum absolute atomic E-state index is 13.0. The molecule has 2 aromatic heterocycles. The molecule has 2 fully saturated rings. The van der Waals surface area contributed by atoms with Gasteiger partial charge in [0.15, 0.2) is 0 Å². The summed E-state index contributed by atoms with van der Waals surface area (Å²) < 4.78 is 1.88. The van der Waals surface area contributed by atoms with E-state index in [1.807, 2.05) is 24.7 Å². The number of hydrogen-bond donors (Lipinski definition) is 1. The molecule has 2 atom stereocenters. The number of carbonyl (C=O) groups excluding carboxylic acids is 1. The molecule has 5 nitrogen and oxygen atoms in total. The Kier molecular flexibility index (Phi) is 3.04. The van der Waals surface area contributed by atoms with E-state index in [0.717, 1.165) is 53.1 Å². The molecule has 2 aliphatic rings. The lowest BCUT2D eigenvalue weighted by Gasteiger charge is -2.27. The van der Waals surface area contributed by atoms with Crippen molar-refractivity contribution in [2.75, 3.05) is 13.1 Å². The minimum absolute atomic E-state index is 0.215. The van der Waals surface area contributed by atoms with Crippen LogP contribution in [0.2, 0.25) is 0 Å². The van der Waals surface area contributed by atoms with E-state index in [-0.39, 0.29) is 5.91 Å². The van der Waals surface area contributed by atoms with Crippen LogP contribution in [0.25, 0.3) is 10.2 Å². The van der Waals surface area contributed by atoms with Crippen LogP contribution in [0.4, 0.5) is 0 Å². The van der Waals surface area contributed by atoms with Crippen LogP contribution >= 0.6 is 11.3 Å². The van der Waals surface area contributed by atoms with Gasteiger partial charge in [-0.05, 0) is 38.8 Å². The Balaban J connectivity index is 1.71. The second-order valence-corrected chi connectivity index (χ2v) is 7.16. The third-order valence-electron chi connectivity index (χ3n) is 4.80. The van der Waals surface area contributed by atoms with Crippen molar-refractivity contribution >= 4 is 27.5 Å². The fourth-order valence-corrected chi connectivity index (χ4v) is 4.82. The summed E-state index contributed by atoms with van der Waals surface area (Å²) in [7, 11) is 1.94. The highest BCUT2D eigenvalue weighted by Crippen LogP contribution is 2.33. The largest absolute Gasteiger partial charge is 0.331 e. The van der Waals surface area contributed by atoms with Crippen LogP contribution < -0.4 is 5.32 Å². The Labute approximate surface area is 127 Å². The molecule has 4 heterocycles. The fraction of sp³-hybridized carbons (Fsp3) is 0.600. The number of fused-ring (bicyclic) bond motifs is 3. The highest BCUT2D eigenvalue weighted by atomic mass is 32.1. The van der Waals surface area contributed by atoms with Crippen LogP contribution in [0, 0.1) is 6.92 Å². The number of nitrogens with one attached hydrogen (secondary N) is 1. The first-order valence-corrected chi connectivity index (χ1v) is 8.43. The number of thiophene rings is 1. The summed E-state index contributed by atoms with van der Waals surface area (Å²) in [6, 6.07) is 2.82. The predicted octanol–water partition coefficient (Wildman–Crippen LogP) is 1.91. The van der Waals surface area contributed by atoms with Crippen LogP contribution in [0.15, 0.2) is 6.07 Å². The molecule has 2 unspecified atom stereocenters. The van der Waals surface area contributed by atoms with Crippen molar-refractivity contribution in [3.63, 3.8) is 0 Å². The van der Waals surface area contributed by atoms with E-state index in [2.05, 4.69) is 15.3 Å². The van der Waals surface area contributed by atoms with Crippen molar-refractivity contribution in [1.82, 2.24) is 20.0 Å². The van der Waals surface area contributed by atoms with Gasteiger partial charge in [-0.25, -0.2) is 0 Å². The molecule has 2 bridgehead atoms. The van der Waals surface area contributed by atoms with E-state index in [9.17, 15) is 4.79 Å². The van der Waals surface area contributed by atoms with Crippen molar-refractivity contribution in [1.29, 1.82) is 0 Å². The second kappa shape index (κ2) is 4.81. The van der Waals surface area contributed by atoms with Gasteiger partial charge >= 0.3 is 0 Å². The Hall–Kier alpha value is -1.40. The van der Waals surface area contributed by atoms with Gasteiger partial charge in [-0.15, -0.1) is 11.3 Å². The van der Waals surface area contributed by atoms with Crippen molar-refractivity contribution in [2.24, 2.45) is 7.05 Å². The molecule has 2 aliphatic heterocycles. The number of aryl methyl sites for hydroxylation is 2. The van der Waals surface area contributed by atoms with Crippen LogP contribution in [0.5, 0.6) is 0 Å². The zero-order chi connectivity index (χ0) is 14.6.